The highest BCUT2D eigenvalue weighted by molar-refractivity contribution is 5.91. The number of aromatic carboxylic acids is 1. The van der Waals surface area contributed by atoms with Gasteiger partial charge in [-0.1, -0.05) is 0 Å². The van der Waals surface area contributed by atoms with E-state index in [9.17, 15) is 14.7 Å². The van der Waals surface area contributed by atoms with Crippen LogP contribution in [0.4, 0.5) is 10.5 Å². The van der Waals surface area contributed by atoms with Crippen LogP contribution >= 0.6 is 0 Å². The fraction of sp³-hybridized carbons (Fsp3) is 0.500. The molecule has 0 aliphatic carbocycles. The van der Waals surface area contributed by atoms with Crippen molar-refractivity contribution in [3.8, 4) is 5.75 Å². The first-order valence-electron chi connectivity index (χ1n) is 7.46. The van der Waals surface area contributed by atoms with Gasteiger partial charge in [0.1, 0.15) is 16.9 Å². The monoisotopic (exact) mass is 322 g/mol. The molecule has 1 fully saturated rings. The number of rotatable bonds is 2. The zero-order chi connectivity index (χ0) is 17.2. The van der Waals surface area contributed by atoms with Gasteiger partial charge in [-0.25, -0.2) is 9.59 Å². The van der Waals surface area contributed by atoms with E-state index in [0.29, 0.717) is 26.2 Å². The van der Waals surface area contributed by atoms with Crippen LogP contribution in [0, 0.1) is 0 Å². The molecule has 1 aliphatic heterocycles. The van der Waals surface area contributed by atoms with Crippen molar-refractivity contribution < 1.29 is 24.5 Å². The van der Waals surface area contributed by atoms with Gasteiger partial charge in [0.25, 0.3) is 0 Å². The lowest BCUT2D eigenvalue weighted by Gasteiger charge is -2.36. The van der Waals surface area contributed by atoms with E-state index in [1.54, 1.807) is 11.0 Å². The summed E-state index contributed by atoms with van der Waals surface area (Å²) in [5.41, 5.74) is 0.0876. The maximum absolute atomic E-state index is 12.0. The Morgan fingerprint density at radius 1 is 1.13 bits per heavy atom. The van der Waals surface area contributed by atoms with Crippen LogP contribution in [0.25, 0.3) is 0 Å². The molecule has 0 atom stereocenters. The van der Waals surface area contributed by atoms with Crippen LogP contribution in [0.3, 0.4) is 0 Å². The molecule has 1 amide bonds. The molecule has 23 heavy (non-hydrogen) atoms. The van der Waals surface area contributed by atoms with Gasteiger partial charge in [0.05, 0.1) is 0 Å². The smallest absolute Gasteiger partial charge is 0.410 e. The van der Waals surface area contributed by atoms with Crippen molar-refractivity contribution in [2.75, 3.05) is 31.1 Å². The third-order valence-electron chi connectivity index (χ3n) is 3.51. The molecule has 1 aromatic carbocycles. The van der Waals surface area contributed by atoms with Crippen LogP contribution in [0.1, 0.15) is 31.1 Å². The second kappa shape index (κ2) is 6.36. The standard InChI is InChI=1S/C16H22N2O5/c1-16(2,3)23-15(22)18-8-6-17(7-9-18)11-4-5-12(14(20)21)13(19)10-11/h4-5,10,19H,6-9H2,1-3H3,(H,20,21). The molecule has 126 valence electrons. The summed E-state index contributed by atoms with van der Waals surface area (Å²) in [4.78, 5) is 26.6. The normalized spacial score (nSPS) is 15.4. The van der Waals surface area contributed by atoms with Gasteiger partial charge in [-0.3, -0.25) is 0 Å². The molecule has 0 bridgehead atoms. The van der Waals surface area contributed by atoms with Crippen LogP contribution in [-0.4, -0.2) is 59.0 Å². The molecule has 0 saturated carbocycles. The summed E-state index contributed by atoms with van der Waals surface area (Å²) in [6.45, 7) is 7.68. The minimum Gasteiger partial charge on any atom is -0.507 e. The Kier molecular flexibility index (Phi) is 4.68. The number of ether oxygens (including phenoxy) is 1. The average molecular weight is 322 g/mol. The topological polar surface area (TPSA) is 90.3 Å². The Bertz CT molecular complexity index is 601. The number of hydrogen-bond acceptors (Lipinski definition) is 5. The highest BCUT2D eigenvalue weighted by atomic mass is 16.6. The van der Waals surface area contributed by atoms with Crippen molar-refractivity contribution in [1.82, 2.24) is 4.90 Å². The van der Waals surface area contributed by atoms with E-state index in [4.69, 9.17) is 9.84 Å². The number of piperazine rings is 1. The third kappa shape index (κ3) is 4.28. The SMILES string of the molecule is CC(C)(C)OC(=O)N1CCN(c2ccc(C(=O)O)c(O)c2)CC1. The van der Waals surface area contributed by atoms with Gasteiger partial charge in [0.15, 0.2) is 0 Å². The first-order valence-corrected chi connectivity index (χ1v) is 7.46. The zero-order valence-corrected chi connectivity index (χ0v) is 13.6. The van der Waals surface area contributed by atoms with E-state index >= 15 is 0 Å². The summed E-state index contributed by atoms with van der Waals surface area (Å²) in [5, 5.41) is 18.7. The number of phenols is 1. The molecule has 7 heteroatoms. The van der Waals surface area contributed by atoms with Gasteiger partial charge in [-0.15, -0.1) is 0 Å². The van der Waals surface area contributed by atoms with Crippen LogP contribution < -0.4 is 4.90 Å². The predicted molar refractivity (Wildman–Crippen MR) is 85.1 cm³/mol. The number of benzene rings is 1. The van der Waals surface area contributed by atoms with Gasteiger partial charge in [-0.2, -0.15) is 0 Å². The van der Waals surface area contributed by atoms with Gasteiger partial charge >= 0.3 is 12.1 Å². The molecule has 1 aromatic rings. The summed E-state index contributed by atoms with van der Waals surface area (Å²) >= 11 is 0. The van der Waals surface area contributed by atoms with E-state index in [1.807, 2.05) is 25.7 Å². The number of hydrogen-bond donors (Lipinski definition) is 2. The Labute approximate surface area is 135 Å². The minimum absolute atomic E-state index is 0.124. The largest absolute Gasteiger partial charge is 0.507 e. The Morgan fingerprint density at radius 2 is 1.74 bits per heavy atom. The molecule has 1 heterocycles. The number of carbonyl (C=O) groups excluding carboxylic acids is 1. The summed E-state index contributed by atoms with van der Waals surface area (Å²) < 4.78 is 5.34. The summed E-state index contributed by atoms with van der Waals surface area (Å²) in [6, 6.07) is 4.48. The van der Waals surface area contributed by atoms with Crippen molar-refractivity contribution in [3.05, 3.63) is 23.8 Å². The Balaban J connectivity index is 1.98. The average Bonchev–Trinajstić information content (AvgIpc) is 2.45. The molecule has 0 radical (unpaired) electrons. The van der Waals surface area contributed by atoms with Crippen molar-refractivity contribution >= 4 is 17.7 Å². The maximum atomic E-state index is 12.0. The summed E-state index contributed by atoms with van der Waals surface area (Å²) in [5.74, 6) is -1.42. The first-order chi connectivity index (χ1) is 10.7. The van der Waals surface area contributed by atoms with E-state index in [0.717, 1.165) is 5.69 Å². The maximum Gasteiger partial charge on any atom is 0.410 e. The van der Waals surface area contributed by atoms with Gasteiger partial charge < -0.3 is 24.7 Å². The highest BCUT2D eigenvalue weighted by Crippen LogP contribution is 2.25. The molecule has 2 rings (SSSR count). The summed E-state index contributed by atoms with van der Waals surface area (Å²) in [6.07, 6.45) is -0.332. The molecule has 2 N–H and O–H groups in total. The number of aromatic hydroxyl groups is 1. The van der Waals surface area contributed by atoms with E-state index in [1.165, 1.54) is 12.1 Å². The highest BCUT2D eigenvalue weighted by Gasteiger charge is 2.26. The van der Waals surface area contributed by atoms with Crippen LogP contribution in [0.15, 0.2) is 18.2 Å². The number of amides is 1. The number of carboxylic acids is 1. The van der Waals surface area contributed by atoms with Crippen LogP contribution in [-0.2, 0) is 4.74 Å². The molecule has 0 unspecified atom stereocenters. The lowest BCUT2D eigenvalue weighted by Crippen LogP contribution is -2.50. The summed E-state index contributed by atoms with van der Waals surface area (Å²) in [7, 11) is 0. The lowest BCUT2D eigenvalue weighted by atomic mass is 10.1. The molecular weight excluding hydrogens is 300 g/mol. The van der Waals surface area contributed by atoms with E-state index in [2.05, 4.69) is 0 Å². The molecule has 1 aliphatic rings. The zero-order valence-electron chi connectivity index (χ0n) is 13.6. The second-order valence-electron chi connectivity index (χ2n) is 6.46. The van der Waals surface area contributed by atoms with E-state index in [-0.39, 0.29) is 17.4 Å². The Morgan fingerprint density at radius 3 is 2.22 bits per heavy atom. The second-order valence-corrected chi connectivity index (χ2v) is 6.46. The number of nitrogens with zero attached hydrogens (tertiary/aromatic N) is 2. The lowest BCUT2D eigenvalue weighted by molar-refractivity contribution is 0.0240. The van der Waals surface area contributed by atoms with Gasteiger partial charge in [0, 0.05) is 37.9 Å². The van der Waals surface area contributed by atoms with Crippen LogP contribution in [0.5, 0.6) is 5.75 Å². The predicted octanol–water partition coefficient (Wildman–Crippen LogP) is 2.15. The van der Waals surface area contributed by atoms with E-state index < -0.39 is 11.6 Å². The third-order valence-corrected chi connectivity index (χ3v) is 3.51. The number of carboxylic acid groups (broad SMARTS) is 1. The van der Waals surface area contributed by atoms with Crippen molar-refractivity contribution in [3.63, 3.8) is 0 Å². The fourth-order valence-corrected chi connectivity index (χ4v) is 2.37. The van der Waals surface area contributed by atoms with Crippen LogP contribution in [0.2, 0.25) is 0 Å². The number of anilines is 1. The molecular formula is C16H22N2O5. The quantitative estimate of drug-likeness (QED) is 0.867. The molecule has 7 nitrogen and oxygen atoms in total. The van der Waals surface area contributed by atoms with Crippen molar-refractivity contribution in [1.29, 1.82) is 0 Å². The van der Waals surface area contributed by atoms with Crippen molar-refractivity contribution in [2.24, 2.45) is 0 Å². The molecule has 0 aromatic heterocycles. The number of carbonyl (C=O) groups is 2. The Hall–Kier alpha value is -2.44. The van der Waals surface area contributed by atoms with Crippen molar-refractivity contribution in [2.45, 2.75) is 26.4 Å². The fourth-order valence-electron chi connectivity index (χ4n) is 2.37. The van der Waals surface area contributed by atoms with Gasteiger partial charge in [-0.05, 0) is 32.9 Å². The molecule has 0 spiro atoms. The first kappa shape index (κ1) is 16.9. The van der Waals surface area contributed by atoms with Gasteiger partial charge in [0.2, 0.25) is 0 Å². The molecule has 1 saturated heterocycles. The minimum atomic E-state index is -1.16.